The third-order valence-electron chi connectivity index (χ3n) is 1.31. The standard InChI is InChI=1S/C6H7NOS/c1-3-5-4-8-6(9)7(5)2/h1,5H,4H2,2H3. The van der Waals surface area contributed by atoms with Crippen molar-refractivity contribution in [3.05, 3.63) is 0 Å². The van der Waals surface area contributed by atoms with Gasteiger partial charge in [0.25, 0.3) is 5.17 Å². The van der Waals surface area contributed by atoms with Crippen LogP contribution in [-0.4, -0.2) is 29.8 Å². The normalized spacial score (nSPS) is 25.6. The van der Waals surface area contributed by atoms with Crippen LogP contribution < -0.4 is 0 Å². The Bertz CT molecular complexity index is 172. The Morgan fingerprint density at radius 3 is 2.89 bits per heavy atom. The summed E-state index contributed by atoms with van der Waals surface area (Å²) in [6.45, 7) is 0.534. The molecule has 0 aliphatic carbocycles. The van der Waals surface area contributed by atoms with E-state index in [1.165, 1.54) is 0 Å². The zero-order chi connectivity index (χ0) is 6.85. The molecule has 1 heterocycles. The topological polar surface area (TPSA) is 12.5 Å². The summed E-state index contributed by atoms with van der Waals surface area (Å²) in [6.07, 6.45) is 5.16. The van der Waals surface area contributed by atoms with Gasteiger partial charge in [0.15, 0.2) is 0 Å². The SMILES string of the molecule is C#CC1COC(=S)N1C. The summed E-state index contributed by atoms with van der Waals surface area (Å²) in [7, 11) is 1.83. The lowest BCUT2D eigenvalue weighted by Gasteiger charge is -2.10. The van der Waals surface area contributed by atoms with Gasteiger partial charge < -0.3 is 9.64 Å². The number of hydrogen-bond acceptors (Lipinski definition) is 2. The number of rotatable bonds is 0. The highest BCUT2D eigenvalue weighted by atomic mass is 32.1. The quantitative estimate of drug-likeness (QED) is 0.354. The molecule has 0 spiro atoms. The van der Waals surface area contributed by atoms with E-state index in [1.54, 1.807) is 4.90 Å². The van der Waals surface area contributed by atoms with E-state index in [9.17, 15) is 0 Å². The summed E-state index contributed by atoms with van der Waals surface area (Å²) >= 11 is 4.79. The van der Waals surface area contributed by atoms with Crippen LogP contribution in [-0.2, 0) is 4.74 Å². The van der Waals surface area contributed by atoms with Gasteiger partial charge in [-0.2, -0.15) is 0 Å². The molecule has 1 atom stereocenters. The van der Waals surface area contributed by atoms with Crippen molar-refractivity contribution in [1.82, 2.24) is 4.90 Å². The van der Waals surface area contributed by atoms with Crippen molar-refractivity contribution >= 4 is 17.4 Å². The van der Waals surface area contributed by atoms with Crippen molar-refractivity contribution in [3.8, 4) is 12.3 Å². The molecule has 48 valence electrons. The van der Waals surface area contributed by atoms with Crippen LogP contribution in [0.1, 0.15) is 0 Å². The van der Waals surface area contributed by atoms with Crippen molar-refractivity contribution in [2.75, 3.05) is 13.7 Å². The lowest BCUT2D eigenvalue weighted by Crippen LogP contribution is -2.27. The van der Waals surface area contributed by atoms with Crippen molar-refractivity contribution in [2.45, 2.75) is 6.04 Å². The smallest absolute Gasteiger partial charge is 0.260 e. The summed E-state index contributed by atoms with van der Waals surface area (Å²) in [4.78, 5) is 1.77. The molecule has 0 N–H and O–H groups in total. The van der Waals surface area contributed by atoms with Crippen molar-refractivity contribution in [1.29, 1.82) is 0 Å². The predicted octanol–water partition coefficient (Wildman–Crippen LogP) is 0.235. The van der Waals surface area contributed by atoms with Crippen LogP contribution >= 0.6 is 12.2 Å². The Morgan fingerprint density at radius 2 is 2.67 bits per heavy atom. The molecule has 0 saturated carbocycles. The van der Waals surface area contributed by atoms with Crippen LogP contribution in [0, 0.1) is 12.3 Å². The second-order valence-electron chi connectivity index (χ2n) is 1.87. The van der Waals surface area contributed by atoms with Gasteiger partial charge in [-0.1, -0.05) is 5.92 Å². The number of terminal acetylenes is 1. The Kier molecular flexibility index (Phi) is 1.58. The van der Waals surface area contributed by atoms with E-state index in [0.717, 1.165) is 0 Å². The fraction of sp³-hybridized carbons (Fsp3) is 0.500. The average molecular weight is 141 g/mol. The van der Waals surface area contributed by atoms with E-state index < -0.39 is 0 Å². The van der Waals surface area contributed by atoms with Gasteiger partial charge in [-0.05, 0) is 12.2 Å². The van der Waals surface area contributed by atoms with Crippen LogP contribution in [0.3, 0.4) is 0 Å². The fourth-order valence-corrected chi connectivity index (χ4v) is 0.846. The Morgan fingerprint density at radius 1 is 2.00 bits per heavy atom. The largest absolute Gasteiger partial charge is 0.468 e. The number of hydrogen-bond donors (Lipinski definition) is 0. The average Bonchev–Trinajstić information content (AvgIpc) is 2.15. The number of thiocarbonyl (C=S) groups is 1. The maximum Gasteiger partial charge on any atom is 0.260 e. The molecule has 1 saturated heterocycles. The zero-order valence-corrected chi connectivity index (χ0v) is 5.94. The molecule has 0 aromatic heterocycles. The monoisotopic (exact) mass is 141 g/mol. The Hall–Kier alpha value is -0.750. The maximum absolute atomic E-state index is 5.16. The fourth-order valence-electron chi connectivity index (χ4n) is 0.651. The third kappa shape index (κ3) is 0.984. The number of nitrogens with zero attached hydrogens (tertiary/aromatic N) is 1. The molecule has 0 radical (unpaired) electrons. The highest BCUT2D eigenvalue weighted by molar-refractivity contribution is 7.80. The van der Waals surface area contributed by atoms with E-state index in [0.29, 0.717) is 11.8 Å². The van der Waals surface area contributed by atoms with Crippen LogP contribution in [0.2, 0.25) is 0 Å². The maximum atomic E-state index is 5.16. The molecule has 0 aromatic carbocycles. The first-order valence-electron chi connectivity index (χ1n) is 2.61. The van der Waals surface area contributed by atoms with Crippen molar-refractivity contribution in [3.63, 3.8) is 0 Å². The minimum atomic E-state index is 0.0394. The minimum absolute atomic E-state index is 0.0394. The summed E-state index contributed by atoms with van der Waals surface area (Å²) in [5.74, 6) is 2.56. The molecule has 1 aliphatic heterocycles. The molecule has 0 aromatic rings. The predicted molar refractivity (Wildman–Crippen MR) is 38.9 cm³/mol. The van der Waals surface area contributed by atoms with Gasteiger partial charge in [-0.3, -0.25) is 0 Å². The van der Waals surface area contributed by atoms with Gasteiger partial charge in [0.1, 0.15) is 12.6 Å². The third-order valence-corrected chi connectivity index (χ3v) is 1.72. The molecule has 1 rings (SSSR count). The molecule has 1 unspecified atom stereocenters. The Balaban J connectivity index is 2.64. The molecule has 0 amide bonds. The van der Waals surface area contributed by atoms with Crippen LogP contribution in [0.15, 0.2) is 0 Å². The van der Waals surface area contributed by atoms with Crippen molar-refractivity contribution in [2.24, 2.45) is 0 Å². The van der Waals surface area contributed by atoms with Gasteiger partial charge in [-0.25, -0.2) is 0 Å². The molecule has 1 fully saturated rings. The van der Waals surface area contributed by atoms with Crippen LogP contribution in [0.5, 0.6) is 0 Å². The summed E-state index contributed by atoms with van der Waals surface area (Å²) in [6, 6.07) is 0.0394. The van der Waals surface area contributed by atoms with Gasteiger partial charge >= 0.3 is 0 Å². The summed E-state index contributed by atoms with van der Waals surface area (Å²) in [5, 5.41) is 0.498. The summed E-state index contributed by atoms with van der Waals surface area (Å²) in [5.41, 5.74) is 0. The first kappa shape index (κ1) is 6.37. The summed E-state index contributed by atoms with van der Waals surface area (Å²) < 4.78 is 4.98. The van der Waals surface area contributed by atoms with Gasteiger partial charge in [0.2, 0.25) is 0 Å². The lowest BCUT2D eigenvalue weighted by molar-refractivity contribution is 0.346. The van der Waals surface area contributed by atoms with Crippen LogP contribution in [0.25, 0.3) is 0 Å². The first-order valence-corrected chi connectivity index (χ1v) is 3.02. The zero-order valence-electron chi connectivity index (χ0n) is 5.13. The van der Waals surface area contributed by atoms with Gasteiger partial charge in [0.05, 0.1) is 0 Å². The first-order chi connectivity index (χ1) is 4.25. The van der Waals surface area contributed by atoms with Gasteiger partial charge in [0, 0.05) is 7.05 Å². The highest BCUT2D eigenvalue weighted by Crippen LogP contribution is 2.07. The minimum Gasteiger partial charge on any atom is -0.468 e. The Labute approximate surface area is 59.8 Å². The van der Waals surface area contributed by atoms with E-state index >= 15 is 0 Å². The number of likely N-dealkylation sites (N-methyl/N-ethyl adjacent to an activating group) is 1. The lowest BCUT2D eigenvalue weighted by atomic mass is 10.3. The molecular formula is C6H7NOS. The molecule has 3 heteroatoms. The molecule has 9 heavy (non-hydrogen) atoms. The van der Waals surface area contributed by atoms with Crippen LogP contribution in [0.4, 0.5) is 0 Å². The van der Waals surface area contributed by atoms with Gasteiger partial charge in [-0.15, -0.1) is 6.42 Å². The van der Waals surface area contributed by atoms with E-state index in [4.69, 9.17) is 23.4 Å². The second kappa shape index (κ2) is 2.24. The number of ether oxygens (including phenoxy) is 1. The van der Waals surface area contributed by atoms with E-state index in [2.05, 4.69) is 5.92 Å². The second-order valence-corrected chi connectivity index (χ2v) is 2.22. The van der Waals surface area contributed by atoms with E-state index in [-0.39, 0.29) is 6.04 Å². The molecular weight excluding hydrogens is 134 g/mol. The highest BCUT2D eigenvalue weighted by Gasteiger charge is 2.23. The van der Waals surface area contributed by atoms with E-state index in [1.807, 2.05) is 7.05 Å². The molecule has 2 nitrogen and oxygen atoms in total. The molecule has 1 aliphatic rings. The van der Waals surface area contributed by atoms with Crippen molar-refractivity contribution < 1.29 is 4.74 Å². The molecule has 0 bridgehead atoms.